The highest BCUT2D eigenvalue weighted by Crippen LogP contribution is 2.31. The summed E-state index contributed by atoms with van der Waals surface area (Å²) in [5, 5.41) is 0. The zero-order chi connectivity index (χ0) is 17.5. The van der Waals surface area contributed by atoms with Crippen molar-refractivity contribution in [3.05, 3.63) is 29.8 Å². The van der Waals surface area contributed by atoms with E-state index >= 15 is 0 Å². The van der Waals surface area contributed by atoms with Gasteiger partial charge >= 0.3 is 0 Å². The second-order valence-electron chi connectivity index (χ2n) is 6.65. The van der Waals surface area contributed by atoms with Gasteiger partial charge in [-0.25, -0.2) is 0 Å². The maximum absolute atomic E-state index is 6.25. The Hall–Kier alpha value is -1.06. The number of halogens is 1. The first-order valence-corrected chi connectivity index (χ1v) is 9.29. The SMILES string of the molecule is COc1ccccc1C(CN=C(N)N1CCOCC1)N1CCCCC1.I. The number of nitrogens with zero attached hydrogens (tertiary/aromatic N) is 3. The van der Waals surface area contributed by atoms with E-state index in [1.54, 1.807) is 7.11 Å². The lowest BCUT2D eigenvalue weighted by atomic mass is 10.0. The molecule has 0 aromatic heterocycles. The van der Waals surface area contributed by atoms with E-state index < -0.39 is 0 Å². The van der Waals surface area contributed by atoms with Crippen molar-refractivity contribution in [2.24, 2.45) is 10.7 Å². The van der Waals surface area contributed by atoms with Gasteiger partial charge in [-0.05, 0) is 32.0 Å². The molecular formula is C19H31IN4O2. The molecule has 1 unspecified atom stereocenters. The number of benzene rings is 1. The van der Waals surface area contributed by atoms with E-state index in [9.17, 15) is 0 Å². The molecule has 7 heteroatoms. The van der Waals surface area contributed by atoms with E-state index in [1.165, 1.54) is 24.8 Å². The Balaban J connectivity index is 0.00000243. The van der Waals surface area contributed by atoms with E-state index in [-0.39, 0.29) is 30.0 Å². The number of piperidine rings is 1. The minimum atomic E-state index is 0. The maximum Gasteiger partial charge on any atom is 0.191 e. The van der Waals surface area contributed by atoms with Gasteiger partial charge in [-0.1, -0.05) is 24.6 Å². The van der Waals surface area contributed by atoms with Crippen LogP contribution in [-0.4, -0.2) is 68.8 Å². The van der Waals surface area contributed by atoms with E-state index in [2.05, 4.69) is 21.9 Å². The van der Waals surface area contributed by atoms with Gasteiger partial charge in [0, 0.05) is 18.7 Å². The van der Waals surface area contributed by atoms with Gasteiger partial charge in [-0.3, -0.25) is 9.89 Å². The molecule has 0 aliphatic carbocycles. The topological polar surface area (TPSA) is 63.3 Å². The Kier molecular flexibility index (Phi) is 8.94. The van der Waals surface area contributed by atoms with Crippen LogP contribution in [0, 0.1) is 0 Å². The highest BCUT2D eigenvalue weighted by Gasteiger charge is 2.25. The molecule has 0 radical (unpaired) electrons. The molecule has 2 aliphatic rings. The highest BCUT2D eigenvalue weighted by atomic mass is 127. The van der Waals surface area contributed by atoms with Crippen molar-refractivity contribution in [1.82, 2.24) is 9.80 Å². The quantitative estimate of drug-likeness (QED) is 0.404. The highest BCUT2D eigenvalue weighted by molar-refractivity contribution is 14.0. The van der Waals surface area contributed by atoms with Crippen molar-refractivity contribution < 1.29 is 9.47 Å². The van der Waals surface area contributed by atoms with Crippen LogP contribution in [0.1, 0.15) is 30.9 Å². The lowest BCUT2D eigenvalue weighted by molar-refractivity contribution is 0.0673. The fourth-order valence-corrected chi connectivity index (χ4v) is 3.65. The average molecular weight is 474 g/mol. The zero-order valence-electron chi connectivity index (χ0n) is 15.6. The van der Waals surface area contributed by atoms with Crippen molar-refractivity contribution in [2.45, 2.75) is 25.3 Å². The smallest absolute Gasteiger partial charge is 0.191 e. The summed E-state index contributed by atoms with van der Waals surface area (Å²) in [5.41, 5.74) is 7.44. The van der Waals surface area contributed by atoms with E-state index in [0.717, 1.165) is 45.1 Å². The van der Waals surface area contributed by atoms with Crippen LogP contribution in [-0.2, 0) is 4.74 Å². The molecule has 0 bridgehead atoms. The van der Waals surface area contributed by atoms with Crippen molar-refractivity contribution in [3.63, 3.8) is 0 Å². The minimum absolute atomic E-state index is 0. The molecule has 1 aromatic carbocycles. The van der Waals surface area contributed by atoms with Crippen LogP contribution in [0.25, 0.3) is 0 Å². The van der Waals surface area contributed by atoms with Gasteiger partial charge in [0.15, 0.2) is 5.96 Å². The molecule has 146 valence electrons. The van der Waals surface area contributed by atoms with Crippen LogP contribution < -0.4 is 10.5 Å². The molecule has 2 saturated heterocycles. The van der Waals surface area contributed by atoms with Crippen LogP contribution in [0.4, 0.5) is 0 Å². The first kappa shape index (κ1) is 21.2. The number of para-hydroxylation sites is 1. The van der Waals surface area contributed by atoms with Crippen LogP contribution in [0.2, 0.25) is 0 Å². The number of guanidine groups is 1. The summed E-state index contributed by atoms with van der Waals surface area (Å²) < 4.78 is 11.0. The number of aliphatic imine (C=N–C) groups is 1. The molecule has 2 fully saturated rings. The van der Waals surface area contributed by atoms with Gasteiger partial charge < -0.3 is 20.1 Å². The number of hydrogen-bond acceptors (Lipinski definition) is 4. The minimum Gasteiger partial charge on any atom is -0.496 e. The molecule has 1 atom stereocenters. The Morgan fingerprint density at radius 2 is 1.85 bits per heavy atom. The fourth-order valence-electron chi connectivity index (χ4n) is 3.65. The van der Waals surface area contributed by atoms with Gasteiger partial charge in [0.25, 0.3) is 0 Å². The molecule has 2 N–H and O–H groups in total. The molecule has 2 heterocycles. The fraction of sp³-hybridized carbons (Fsp3) is 0.632. The summed E-state index contributed by atoms with van der Waals surface area (Å²) >= 11 is 0. The summed E-state index contributed by atoms with van der Waals surface area (Å²) in [4.78, 5) is 9.38. The number of morpholine rings is 1. The third-order valence-corrected chi connectivity index (χ3v) is 5.09. The molecule has 1 aromatic rings. The van der Waals surface area contributed by atoms with Crippen LogP contribution >= 0.6 is 24.0 Å². The van der Waals surface area contributed by atoms with Crippen molar-refractivity contribution in [3.8, 4) is 5.75 Å². The van der Waals surface area contributed by atoms with Gasteiger partial charge in [0.1, 0.15) is 5.75 Å². The summed E-state index contributed by atoms with van der Waals surface area (Å²) in [6.45, 7) is 5.95. The van der Waals surface area contributed by atoms with Crippen molar-refractivity contribution in [2.75, 3.05) is 53.0 Å². The monoisotopic (exact) mass is 474 g/mol. The molecule has 3 rings (SSSR count). The lowest BCUT2D eigenvalue weighted by Crippen LogP contribution is -2.45. The molecule has 0 saturated carbocycles. The molecule has 0 spiro atoms. The predicted octanol–water partition coefficient (Wildman–Crippen LogP) is 2.49. The Labute approximate surface area is 173 Å². The number of likely N-dealkylation sites (tertiary alicyclic amines) is 1. The van der Waals surface area contributed by atoms with Crippen molar-refractivity contribution in [1.29, 1.82) is 0 Å². The molecule has 0 amide bonds. The summed E-state index contributed by atoms with van der Waals surface area (Å²) in [5.74, 6) is 1.55. The number of hydrogen-bond donors (Lipinski definition) is 1. The first-order chi connectivity index (χ1) is 12.3. The third-order valence-electron chi connectivity index (χ3n) is 5.09. The Morgan fingerprint density at radius 1 is 1.15 bits per heavy atom. The Bertz CT molecular complexity index is 572. The molecule has 2 aliphatic heterocycles. The lowest BCUT2D eigenvalue weighted by Gasteiger charge is -2.35. The normalized spacial score (nSPS) is 20.3. The number of nitrogens with two attached hydrogens (primary N) is 1. The van der Waals surface area contributed by atoms with Gasteiger partial charge in [-0.15, -0.1) is 24.0 Å². The summed E-state index contributed by atoms with van der Waals surface area (Å²) in [7, 11) is 1.73. The largest absolute Gasteiger partial charge is 0.496 e. The molecular weight excluding hydrogens is 443 g/mol. The maximum atomic E-state index is 6.25. The van der Waals surface area contributed by atoms with Crippen LogP contribution in [0.5, 0.6) is 5.75 Å². The average Bonchev–Trinajstić information content (AvgIpc) is 2.70. The number of rotatable bonds is 5. The second kappa shape index (κ2) is 10.9. The first-order valence-electron chi connectivity index (χ1n) is 9.29. The number of methoxy groups -OCH3 is 1. The Morgan fingerprint density at radius 3 is 2.54 bits per heavy atom. The van der Waals surface area contributed by atoms with E-state index in [0.29, 0.717) is 12.5 Å². The standard InChI is InChI=1S/C19H30N4O2.HI/c1-24-18-8-4-3-7-16(18)17(22-9-5-2-6-10-22)15-21-19(20)23-11-13-25-14-12-23;/h3-4,7-8,17H,2,5-6,9-15H2,1H3,(H2,20,21);1H. The van der Waals surface area contributed by atoms with Gasteiger partial charge in [0.2, 0.25) is 0 Å². The second-order valence-corrected chi connectivity index (χ2v) is 6.65. The van der Waals surface area contributed by atoms with Crippen LogP contribution in [0.3, 0.4) is 0 Å². The zero-order valence-corrected chi connectivity index (χ0v) is 17.9. The number of ether oxygens (including phenoxy) is 2. The summed E-state index contributed by atoms with van der Waals surface area (Å²) in [6, 6.07) is 8.47. The van der Waals surface area contributed by atoms with E-state index in [4.69, 9.17) is 20.2 Å². The van der Waals surface area contributed by atoms with Gasteiger partial charge in [0.05, 0.1) is 32.9 Å². The predicted molar refractivity (Wildman–Crippen MR) is 115 cm³/mol. The van der Waals surface area contributed by atoms with Gasteiger partial charge in [-0.2, -0.15) is 0 Å². The third kappa shape index (κ3) is 5.47. The van der Waals surface area contributed by atoms with Crippen molar-refractivity contribution >= 4 is 29.9 Å². The van der Waals surface area contributed by atoms with E-state index in [1.807, 2.05) is 12.1 Å². The molecule has 6 nitrogen and oxygen atoms in total. The summed E-state index contributed by atoms with van der Waals surface area (Å²) in [6.07, 6.45) is 3.80. The molecule has 26 heavy (non-hydrogen) atoms. The van der Waals surface area contributed by atoms with Crippen LogP contribution in [0.15, 0.2) is 29.3 Å².